The monoisotopic (exact) mass is 256 g/mol. The number of aliphatic hydroxyl groups is 1. The van der Waals surface area contributed by atoms with Gasteiger partial charge < -0.3 is 15.3 Å². The van der Waals surface area contributed by atoms with E-state index in [1.54, 1.807) is 0 Å². The number of rotatable bonds is 7. The molecular weight excluding hydrogens is 236 g/mol. The number of hydrogen-bond donors (Lipinski definition) is 2. The Balaban J connectivity index is 3.03. The Bertz CT molecular complexity index is 338. The molecule has 2 N–H and O–H groups in total. The summed E-state index contributed by atoms with van der Waals surface area (Å²) in [5.41, 5.74) is 2.21. The molecule has 0 aliphatic carbocycles. The normalized spacial score (nSPS) is 10.6. The molecule has 0 aromatic heterocycles. The smallest absolute Gasteiger partial charge is 0.0606 e. The second-order valence-electron chi connectivity index (χ2n) is 3.98. The van der Waals surface area contributed by atoms with E-state index in [9.17, 15) is 0 Å². The summed E-state index contributed by atoms with van der Waals surface area (Å²) in [6.07, 6.45) is 1.05. The Morgan fingerprint density at radius 1 is 1.35 bits per heavy atom. The van der Waals surface area contributed by atoms with Crippen molar-refractivity contribution in [3.05, 3.63) is 28.8 Å². The van der Waals surface area contributed by atoms with Gasteiger partial charge in [0.25, 0.3) is 0 Å². The highest BCUT2D eigenvalue weighted by Gasteiger charge is 2.12. The summed E-state index contributed by atoms with van der Waals surface area (Å²) in [5, 5.41) is 13.0. The Kier molecular flexibility index (Phi) is 6.34. The summed E-state index contributed by atoms with van der Waals surface area (Å²) < 4.78 is 0. The summed E-state index contributed by atoms with van der Waals surface area (Å²) >= 11 is 6.22. The second-order valence-corrected chi connectivity index (χ2v) is 4.39. The van der Waals surface area contributed by atoms with Gasteiger partial charge in [-0.15, -0.1) is 0 Å². The van der Waals surface area contributed by atoms with E-state index in [0.29, 0.717) is 6.54 Å². The van der Waals surface area contributed by atoms with Crippen molar-refractivity contribution in [2.24, 2.45) is 0 Å². The molecule has 0 unspecified atom stereocenters. The molecule has 0 spiro atoms. The fourth-order valence-corrected chi connectivity index (χ4v) is 2.18. The van der Waals surface area contributed by atoms with Crippen molar-refractivity contribution in [3.63, 3.8) is 0 Å². The maximum Gasteiger partial charge on any atom is 0.0606 e. The summed E-state index contributed by atoms with van der Waals surface area (Å²) in [5.74, 6) is 0. The molecule has 0 bridgehead atoms. The fraction of sp³-hybridized carbons (Fsp3) is 0.538. The van der Waals surface area contributed by atoms with Gasteiger partial charge in [0.1, 0.15) is 0 Å². The molecule has 17 heavy (non-hydrogen) atoms. The first-order chi connectivity index (χ1) is 8.24. The van der Waals surface area contributed by atoms with Gasteiger partial charge in [-0.2, -0.15) is 0 Å². The number of hydrogen-bond acceptors (Lipinski definition) is 3. The zero-order valence-electron chi connectivity index (χ0n) is 10.5. The fourth-order valence-electron chi connectivity index (χ4n) is 1.94. The zero-order valence-corrected chi connectivity index (χ0v) is 11.3. The second kappa shape index (κ2) is 7.54. The van der Waals surface area contributed by atoms with Crippen molar-refractivity contribution in [2.75, 3.05) is 31.6 Å². The van der Waals surface area contributed by atoms with Crippen LogP contribution in [-0.4, -0.2) is 31.9 Å². The first-order valence-electron chi connectivity index (χ1n) is 6.02. The topological polar surface area (TPSA) is 35.5 Å². The van der Waals surface area contributed by atoms with Crippen molar-refractivity contribution in [2.45, 2.75) is 19.9 Å². The highest BCUT2D eigenvalue weighted by Crippen LogP contribution is 2.27. The Hall–Kier alpha value is -0.770. The highest BCUT2D eigenvalue weighted by atomic mass is 35.5. The molecule has 0 aliphatic heterocycles. The maximum atomic E-state index is 9.12. The van der Waals surface area contributed by atoms with Gasteiger partial charge in [0, 0.05) is 35.9 Å². The zero-order chi connectivity index (χ0) is 12.7. The van der Waals surface area contributed by atoms with E-state index in [0.717, 1.165) is 35.8 Å². The number of nitrogens with zero attached hydrogens (tertiary/aromatic N) is 1. The third kappa shape index (κ3) is 3.87. The van der Waals surface area contributed by atoms with Crippen LogP contribution in [0.4, 0.5) is 5.69 Å². The number of nitrogens with one attached hydrogen (secondary N) is 1. The average molecular weight is 257 g/mol. The summed E-state index contributed by atoms with van der Waals surface area (Å²) in [4.78, 5) is 2.18. The number of aliphatic hydroxyl groups excluding tert-OH is 1. The van der Waals surface area contributed by atoms with Crippen LogP contribution in [0.5, 0.6) is 0 Å². The van der Waals surface area contributed by atoms with Crippen molar-refractivity contribution in [3.8, 4) is 0 Å². The van der Waals surface area contributed by atoms with Gasteiger partial charge >= 0.3 is 0 Å². The Labute approximate surface area is 108 Å². The maximum absolute atomic E-state index is 9.12. The van der Waals surface area contributed by atoms with Crippen LogP contribution in [0, 0.1) is 0 Å². The molecule has 1 aromatic carbocycles. The number of halogens is 1. The summed E-state index contributed by atoms with van der Waals surface area (Å²) in [7, 11) is 1.91. The quantitative estimate of drug-likeness (QED) is 0.786. The van der Waals surface area contributed by atoms with Crippen LogP contribution in [-0.2, 0) is 6.54 Å². The number of benzene rings is 1. The van der Waals surface area contributed by atoms with Crippen LogP contribution in [0.3, 0.4) is 0 Å². The lowest BCUT2D eigenvalue weighted by Crippen LogP contribution is -2.29. The average Bonchev–Trinajstić information content (AvgIpc) is 2.32. The summed E-state index contributed by atoms with van der Waals surface area (Å²) in [6, 6.07) is 5.92. The SMILES string of the molecule is CCCN(CCO)c1cccc(Cl)c1CNC. The minimum Gasteiger partial charge on any atom is -0.395 e. The Morgan fingerprint density at radius 3 is 2.71 bits per heavy atom. The minimum atomic E-state index is 0.158. The van der Waals surface area contributed by atoms with Crippen LogP contribution >= 0.6 is 11.6 Å². The van der Waals surface area contributed by atoms with Crippen molar-refractivity contribution in [1.29, 1.82) is 0 Å². The van der Waals surface area contributed by atoms with E-state index in [1.807, 2.05) is 19.2 Å². The standard InChI is InChI=1S/C13H21ClN2O/c1-3-7-16(8-9-17)13-6-4-5-12(14)11(13)10-15-2/h4-6,15,17H,3,7-10H2,1-2H3. The molecule has 0 heterocycles. The number of anilines is 1. The van der Waals surface area contributed by atoms with E-state index >= 15 is 0 Å². The molecule has 0 radical (unpaired) electrons. The van der Waals surface area contributed by atoms with Crippen LogP contribution in [0.25, 0.3) is 0 Å². The van der Waals surface area contributed by atoms with E-state index in [-0.39, 0.29) is 6.61 Å². The molecule has 4 heteroatoms. The lowest BCUT2D eigenvalue weighted by atomic mass is 10.1. The lowest BCUT2D eigenvalue weighted by Gasteiger charge is -2.26. The highest BCUT2D eigenvalue weighted by molar-refractivity contribution is 6.31. The van der Waals surface area contributed by atoms with E-state index in [4.69, 9.17) is 16.7 Å². The lowest BCUT2D eigenvalue weighted by molar-refractivity contribution is 0.301. The molecule has 1 rings (SSSR count). The van der Waals surface area contributed by atoms with Crippen molar-refractivity contribution in [1.82, 2.24) is 5.32 Å². The molecule has 0 fully saturated rings. The summed E-state index contributed by atoms with van der Waals surface area (Å²) in [6.45, 7) is 4.60. The molecule has 0 saturated carbocycles. The molecule has 96 valence electrons. The predicted molar refractivity (Wildman–Crippen MR) is 73.8 cm³/mol. The van der Waals surface area contributed by atoms with Crippen LogP contribution < -0.4 is 10.2 Å². The van der Waals surface area contributed by atoms with Crippen molar-refractivity contribution >= 4 is 17.3 Å². The molecule has 3 nitrogen and oxygen atoms in total. The van der Waals surface area contributed by atoms with Gasteiger partial charge in [0.15, 0.2) is 0 Å². The van der Waals surface area contributed by atoms with E-state index < -0.39 is 0 Å². The minimum absolute atomic E-state index is 0.158. The predicted octanol–water partition coefficient (Wildman–Crippen LogP) is 2.27. The molecule has 0 atom stereocenters. The molecular formula is C13H21ClN2O. The van der Waals surface area contributed by atoms with Gasteiger partial charge in [-0.05, 0) is 25.6 Å². The molecule has 1 aromatic rings. The van der Waals surface area contributed by atoms with Gasteiger partial charge in [0.2, 0.25) is 0 Å². The molecule has 0 saturated heterocycles. The molecule has 0 aliphatic rings. The van der Waals surface area contributed by atoms with Crippen LogP contribution in [0.2, 0.25) is 5.02 Å². The van der Waals surface area contributed by atoms with Gasteiger partial charge in [-0.1, -0.05) is 24.6 Å². The third-order valence-electron chi connectivity index (χ3n) is 2.65. The largest absolute Gasteiger partial charge is 0.395 e. The van der Waals surface area contributed by atoms with Gasteiger partial charge in [-0.25, -0.2) is 0 Å². The first-order valence-corrected chi connectivity index (χ1v) is 6.40. The Morgan fingerprint density at radius 2 is 2.12 bits per heavy atom. The van der Waals surface area contributed by atoms with Crippen LogP contribution in [0.15, 0.2) is 18.2 Å². The van der Waals surface area contributed by atoms with Crippen LogP contribution in [0.1, 0.15) is 18.9 Å². The van der Waals surface area contributed by atoms with E-state index in [2.05, 4.69) is 23.2 Å². The van der Waals surface area contributed by atoms with Gasteiger partial charge in [-0.3, -0.25) is 0 Å². The van der Waals surface area contributed by atoms with E-state index in [1.165, 1.54) is 0 Å². The molecule has 0 amide bonds. The van der Waals surface area contributed by atoms with Gasteiger partial charge in [0.05, 0.1) is 6.61 Å². The first kappa shape index (κ1) is 14.3. The van der Waals surface area contributed by atoms with Crippen molar-refractivity contribution < 1.29 is 5.11 Å². The third-order valence-corrected chi connectivity index (χ3v) is 3.01.